The van der Waals surface area contributed by atoms with Gasteiger partial charge in [0.25, 0.3) is 5.91 Å². The van der Waals surface area contributed by atoms with Crippen molar-refractivity contribution in [3.8, 4) is 0 Å². The Balaban J connectivity index is 1.87. The highest BCUT2D eigenvalue weighted by molar-refractivity contribution is 6.03. The molecule has 27 heavy (non-hydrogen) atoms. The SMILES string of the molecule is Cc1cc(C)cc(NC(=O)c2cc(C)nc(Nc3c(C)cccc3C)n2)c1. The molecule has 0 unspecified atom stereocenters. The van der Waals surface area contributed by atoms with Crippen LogP contribution >= 0.6 is 0 Å². The Hall–Kier alpha value is -3.21. The fourth-order valence-corrected chi connectivity index (χ4v) is 3.11. The highest BCUT2D eigenvalue weighted by atomic mass is 16.1. The molecule has 5 heteroatoms. The fourth-order valence-electron chi connectivity index (χ4n) is 3.11. The summed E-state index contributed by atoms with van der Waals surface area (Å²) in [5.74, 6) is 0.160. The molecule has 0 fully saturated rings. The van der Waals surface area contributed by atoms with E-state index in [1.54, 1.807) is 6.07 Å². The van der Waals surface area contributed by atoms with Crippen LogP contribution in [-0.4, -0.2) is 15.9 Å². The molecular weight excluding hydrogens is 336 g/mol. The predicted molar refractivity (Wildman–Crippen MR) is 110 cm³/mol. The van der Waals surface area contributed by atoms with Crippen LogP contribution in [0.4, 0.5) is 17.3 Å². The van der Waals surface area contributed by atoms with Crippen LogP contribution in [0.15, 0.2) is 42.5 Å². The average molecular weight is 360 g/mol. The van der Waals surface area contributed by atoms with Crippen molar-refractivity contribution >= 4 is 23.2 Å². The summed E-state index contributed by atoms with van der Waals surface area (Å²) in [6.45, 7) is 9.91. The first kappa shape index (κ1) is 18.6. The lowest BCUT2D eigenvalue weighted by molar-refractivity contribution is 0.102. The molecule has 0 atom stereocenters. The van der Waals surface area contributed by atoms with Crippen molar-refractivity contribution in [3.63, 3.8) is 0 Å². The van der Waals surface area contributed by atoms with E-state index in [1.165, 1.54) is 0 Å². The lowest BCUT2D eigenvalue weighted by Crippen LogP contribution is -2.16. The third kappa shape index (κ3) is 4.50. The number of benzene rings is 2. The van der Waals surface area contributed by atoms with E-state index in [-0.39, 0.29) is 5.91 Å². The molecule has 1 heterocycles. The van der Waals surface area contributed by atoms with Crippen molar-refractivity contribution < 1.29 is 4.79 Å². The molecule has 0 aliphatic rings. The van der Waals surface area contributed by atoms with Crippen LogP contribution in [0, 0.1) is 34.6 Å². The Labute approximate surface area is 159 Å². The van der Waals surface area contributed by atoms with Crippen molar-refractivity contribution in [2.24, 2.45) is 0 Å². The van der Waals surface area contributed by atoms with Gasteiger partial charge in [-0.05, 0) is 75.1 Å². The van der Waals surface area contributed by atoms with Crippen LogP contribution in [0.5, 0.6) is 0 Å². The molecule has 3 rings (SSSR count). The fraction of sp³-hybridized carbons (Fsp3) is 0.227. The number of aromatic nitrogens is 2. The molecule has 0 saturated carbocycles. The normalized spacial score (nSPS) is 10.6. The quantitative estimate of drug-likeness (QED) is 0.686. The third-order valence-corrected chi connectivity index (χ3v) is 4.28. The van der Waals surface area contributed by atoms with E-state index in [9.17, 15) is 4.79 Å². The van der Waals surface area contributed by atoms with Crippen LogP contribution in [0.2, 0.25) is 0 Å². The van der Waals surface area contributed by atoms with Crippen LogP contribution in [0.25, 0.3) is 0 Å². The zero-order valence-electron chi connectivity index (χ0n) is 16.3. The van der Waals surface area contributed by atoms with Gasteiger partial charge in [-0.1, -0.05) is 24.3 Å². The highest BCUT2D eigenvalue weighted by Gasteiger charge is 2.13. The Morgan fingerprint density at radius 1 is 0.852 bits per heavy atom. The maximum Gasteiger partial charge on any atom is 0.274 e. The van der Waals surface area contributed by atoms with E-state index in [0.29, 0.717) is 11.6 Å². The van der Waals surface area contributed by atoms with Crippen molar-refractivity contribution in [1.82, 2.24) is 9.97 Å². The van der Waals surface area contributed by atoms with Gasteiger partial charge in [0, 0.05) is 17.1 Å². The topological polar surface area (TPSA) is 66.9 Å². The molecule has 2 N–H and O–H groups in total. The second-order valence-electron chi connectivity index (χ2n) is 6.94. The molecule has 0 aliphatic heterocycles. The molecule has 0 aliphatic carbocycles. The zero-order valence-corrected chi connectivity index (χ0v) is 16.3. The minimum Gasteiger partial charge on any atom is -0.324 e. The number of aryl methyl sites for hydroxylation is 5. The van der Waals surface area contributed by atoms with Gasteiger partial charge in [-0.2, -0.15) is 0 Å². The summed E-state index contributed by atoms with van der Waals surface area (Å²) in [7, 11) is 0. The monoisotopic (exact) mass is 360 g/mol. The number of carbonyl (C=O) groups excluding carboxylic acids is 1. The first-order valence-corrected chi connectivity index (χ1v) is 8.90. The Morgan fingerprint density at radius 2 is 1.48 bits per heavy atom. The van der Waals surface area contributed by atoms with Crippen molar-refractivity contribution in [2.75, 3.05) is 10.6 Å². The maximum absolute atomic E-state index is 12.7. The largest absolute Gasteiger partial charge is 0.324 e. The van der Waals surface area contributed by atoms with Gasteiger partial charge >= 0.3 is 0 Å². The molecule has 138 valence electrons. The second kappa shape index (κ2) is 7.58. The maximum atomic E-state index is 12.7. The lowest BCUT2D eigenvalue weighted by Gasteiger charge is -2.13. The molecule has 1 aromatic heterocycles. The molecule has 2 aromatic carbocycles. The highest BCUT2D eigenvalue weighted by Crippen LogP contribution is 2.23. The van der Waals surface area contributed by atoms with Gasteiger partial charge in [-0.15, -0.1) is 0 Å². The van der Waals surface area contributed by atoms with Gasteiger partial charge in [0.1, 0.15) is 5.69 Å². The summed E-state index contributed by atoms with van der Waals surface area (Å²) in [6, 6.07) is 13.7. The van der Waals surface area contributed by atoms with Crippen molar-refractivity contribution in [3.05, 3.63) is 76.1 Å². The number of hydrogen-bond donors (Lipinski definition) is 2. The van der Waals surface area contributed by atoms with Gasteiger partial charge in [-0.3, -0.25) is 4.79 Å². The van der Waals surface area contributed by atoms with E-state index in [0.717, 1.165) is 39.3 Å². The van der Waals surface area contributed by atoms with Gasteiger partial charge in [0.2, 0.25) is 5.95 Å². The average Bonchev–Trinajstić information content (AvgIpc) is 2.57. The number of para-hydroxylation sites is 1. The summed E-state index contributed by atoms with van der Waals surface area (Å²) >= 11 is 0. The smallest absolute Gasteiger partial charge is 0.274 e. The number of amides is 1. The van der Waals surface area contributed by atoms with Crippen LogP contribution in [0.3, 0.4) is 0 Å². The van der Waals surface area contributed by atoms with E-state index in [4.69, 9.17) is 0 Å². The van der Waals surface area contributed by atoms with Crippen LogP contribution in [-0.2, 0) is 0 Å². The lowest BCUT2D eigenvalue weighted by atomic mass is 10.1. The molecule has 0 bridgehead atoms. The number of rotatable bonds is 4. The second-order valence-corrected chi connectivity index (χ2v) is 6.94. The molecule has 3 aromatic rings. The summed E-state index contributed by atoms with van der Waals surface area (Å²) in [6.07, 6.45) is 0. The zero-order chi connectivity index (χ0) is 19.6. The standard InChI is InChI=1S/C22H24N4O/c1-13-9-14(2)11-18(10-13)24-21(27)19-12-17(5)23-22(25-19)26-20-15(3)7-6-8-16(20)4/h6-12H,1-5H3,(H,24,27)(H,23,25,26). The Morgan fingerprint density at radius 3 is 2.11 bits per heavy atom. The van der Waals surface area contributed by atoms with E-state index in [1.807, 2.05) is 65.0 Å². The predicted octanol–water partition coefficient (Wildman–Crippen LogP) is 5.01. The minimum atomic E-state index is -0.255. The number of hydrogen-bond acceptors (Lipinski definition) is 4. The number of nitrogens with one attached hydrogen (secondary N) is 2. The first-order chi connectivity index (χ1) is 12.8. The molecule has 0 spiro atoms. The molecule has 0 saturated heterocycles. The van der Waals surface area contributed by atoms with Gasteiger partial charge in [0.15, 0.2) is 0 Å². The Bertz CT molecular complexity index is 971. The molecule has 5 nitrogen and oxygen atoms in total. The van der Waals surface area contributed by atoms with E-state index >= 15 is 0 Å². The third-order valence-electron chi connectivity index (χ3n) is 4.28. The number of anilines is 3. The number of carbonyl (C=O) groups is 1. The van der Waals surface area contributed by atoms with Crippen LogP contribution in [0.1, 0.15) is 38.4 Å². The van der Waals surface area contributed by atoms with Crippen molar-refractivity contribution in [2.45, 2.75) is 34.6 Å². The minimum absolute atomic E-state index is 0.255. The molecule has 1 amide bonds. The number of nitrogens with zero attached hydrogens (tertiary/aromatic N) is 2. The molecular formula is C22H24N4O. The van der Waals surface area contributed by atoms with Crippen LogP contribution < -0.4 is 10.6 Å². The van der Waals surface area contributed by atoms with Gasteiger partial charge in [0.05, 0.1) is 0 Å². The first-order valence-electron chi connectivity index (χ1n) is 8.90. The van der Waals surface area contributed by atoms with E-state index < -0.39 is 0 Å². The van der Waals surface area contributed by atoms with Gasteiger partial charge < -0.3 is 10.6 Å². The van der Waals surface area contributed by atoms with Gasteiger partial charge in [-0.25, -0.2) is 9.97 Å². The van der Waals surface area contributed by atoms with Crippen molar-refractivity contribution in [1.29, 1.82) is 0 Å². The Kier molecular flexibility index (Phi) is 5.21. The van der Waals surface area contributed by atoms with E-state index in [2.05, 4.69) is 26.7 Å². The summed E-state index contributed by atoms with van der Waals surface area (Å²) in [5, 5.41) is 6.18. The summed E-state index contributed by atoms with van der Waals surface area (Å²) < 4.78 is 0. The molecule has 0 radical (unpaired) electrons. The summed E-state index contributed by atoms with van der Waals surface area (Å²) in [4.78, 5) is 21.5. The summed E-state index contributed by atoms with van der Waals surface area (Å²) in [5.41, 5.74) is 7.17.